The second-order valence-corrected chi connectivity index (χ2v) is 5.25. The van der Waals surface area contributed by atoms with E-state index in [1.54, 1.807) is 0 Å². The fourth-order valence-corrected chi connectivity index (χ4v) is 2.63. The van der Waals surface area contributed by atoms with E-state index in [-0.39, 0.29) is 0 Å². The Hall–Kier alpha value is -1.68. The summed E-state index contributed by atoms with van der Waals surface area (Å²) >= 11 is 0. The summed E-state index contributed by atoms with van der Waals surface area (Å²) in [6.07, 6.45) is 4.03. The Balaban J connectivity index is 1.65. The molecule has 1 unspecified atom stereocenters. The highest BCUT2D eigenvalue weighted by Crippen LogP contribution is 2.18. The van der Waals surface area contributed by atoms with E-state index in [1.165, 1.54) is 5.56 Å². The first kappa shape index (κ1) is 12.4. The summed E-state index contributed by atoms with van der Waals surface area (Å²) in [5.74, 6) is 2.67. The molecule has 2 aromatic rings. The molecule has 0 aliphatic carbocycles. The van der Waals surface area contributed by atoms with Gasteiger partial charge in [0.15, 0.2) is 5.82 Å². The lowest BCUT2D eigenvalue weighted by Gasteiger charge is -2.19. The number of rotatable bonds is 4. The van der Waals surface area contributed by atoms with Gasteiger partial charge in [-0.25, -0.2) is 9.67 Å². The number of nitrogens with two attached hydrogens (primary N) is 1. The van der Waals surface area contributed by atoms with Crippen molar-refractivity contribution in [3.8, 4) is 0 Å². The molecule has 1 atom stereocenters. The average molecular weight is 256 g/mol. The van der Waals surface area contributed by atoms with Crippen LogP contribution in [-0.4, -0.2) is 21.3 Å². The molecule has 0 spiro atoms. The summed E-state index contributed by atoms with van der Waals surface area (Å²) in [5.41, 5.74) is 7.09. The minimum Gasteiger partial charge on any atom is -0.330 e. The molecule has 0 amide bonds. The van der Waals surface area contributed by atoms with E-state index in [2.05, 4.69) is 39.0 Å². The van der Waals surface area contributed by atoms with Gasteiger partial charge in [-0.15, -0.1) is 0 Å². The number of fused-ring (bicyclic) bond motifs is 1. The minimum absolute atomic E-state index is 0.582. The van der Waals surface area contributed by atoms with Crippen LogP contribution in [0.4, 0.5) is 0 Å². The van der Waals surface area contributed by atoms with Crippen molar-refractivity contribution >= 4 is 0 Å². The molecule has 0 radical (unpaired) electrons. The molecule has 19 heavy (non-hydrogen) atoms. The molecule has 0 fully saturated rings. The van der Waals surface area contributed by atoms with Crippen molar-refractivity contribution in [2.75, 3.05) is 6.54 Å². The molecule has 2 heterocycles. The van der Waals surface area contributed by atoms with Crippen molar-refractivity contribution in [1.29, 1.82) is 0 Å². The van der Waals surface area contributed by atoms with Gasteiger partial charge in [-0.05, 0) is 30.9 Å². The second-order valence-electron chi connectivity index (χ2n) is 5.25. The Labute approximate surface area is 113 Å². The van der Waals surface area contributed by atoms with E-state index in [0.717, 1.165) is 50.4 Å². The molecule has 1 aromatic heterocycles. The molecule has 1 aliphatic rings. The van der Waals surface area contributed by atoms with Crippen molar-refractivity contribution in [3.63, 3.8) is 0 Å². The van der Waals surface area contributed by atoms with Crippen molar-refractivity contribution in [2.24, 2.45) is 11.7 Å². The highest BCUT2D eigenvalue weighted by molar-refractivity contribution is 5.15. The predicted molar refractivity (Wildman–Crippen MR) is 74.7 cm³/mol. The van der Waals surface area contributed by atoms with Gasteiger partial charge >= 0.3 is 0 Å². The van der Waals surface area contributed by atoms with Crippen LogP contribution in [-0.2, 0) is 25.8 Å². The van der Waals surface area contributed by atoms with Gasteiger partial charge in [0.2, 0.25) is 0 Å². The van der Waals surface area contributed by atoms with E-state index >= 15 is 0 Å². The molecule has 1 aliphatic heterocycles. The fraction of sp³-hybridized carbons (Fsp3) is 0.467. The van der Waals surface area contributed by atoms with Crippen LogP contribution in [0.5, 0.6) is 0 Å². The van der Waals surface area contributed by atoms with Gasteiger partial charge in [0, 0.05) is 19.4 Å². The van der Waals surface area contributed by atoms with Crippen molar-refractivity contribution in [2.45, 2.75) is 32.2 Å². The highest BCUT2D eigenvalue weighted by atomic mass is 15.3. The number of aromatic nitrogens is 3. The Morgan fingerprint density at radius 3 is 2.84 bits per heavy atom. The predicted octanol–water partition coefficient (Wildman–Crippen LogP) is 1.58. The third-order valence-corrected chi connectivity index (χ3v) is 3.83. The molecule has 100 valence electrons. The Bertz CT molecular complexity index is 532. The third kappa shape index (κ3) is 2.84. The molecule has 0 saturated carbocycles. The number of benzene rings is 1. The number of hydrogen-bond acceptors (Lipinski definition) is 3. The first-order valence-corrected chi connectivity index (χ1v) is 7.01. The lowest BCUT2D eigenvalue weighted by molar-refractivity contribution is 0.369. The van der Waals surface area contributed by atoms with Crippen molar-refractivity contribution in [3.05, 3.63) is 47.5 Å². The maximum atomic E-state index is 5.74. The summed E-state index contributed by atoms with van der Waals surface area (Å²) < 4.78 is 2.06. The van der Waals surface area contributed by atoms with Gasteiger partial charge in [0.1, 0.15) is 5.82 Å². The minimum atomic E-state index is 0.582. The summed E-state index contributed by atoms with van der Waals surface area (Å²) in [5, 5.41) is 4.60. The zero-order chi connectivity index (χ0) is 13.1. The lowest BCUT2D eigenvalue weighted by Crippen LogP contribution is -2.26. The second kappa shape index (κ2) is 5.53. The van der Waals surface area contributed by atoms with E-state index in [0.29, 0.717) is 5.92 Å². The molecule has 1 aromatic carbocycles. The van der Waals surface area contributed by atoms with Crippen LogP contribution in [0.1, 0.15) is 23.6 Å². The Morgan fingerprint density at radius 1 is 1.21 bits per heavy atom. The van der Waals surface area contributed by atoms with Crippen LogP contribution < -0.4 is 5.73 Å². The Morgan fingerprint density at radius 2 is 2.05 bits per heavy atom. The van der Waals surface area contributed by atoms with Crippen LogP contribution in [0.3, 0.4) is 0 Å². The fourth-order valence-electron chi connectivity index (χ4n) is 2.63. The summed E-state index contributed by atoms with van der Waals surface area (Å²) in [4.78, 5) is 4.66. The number of nitrogens with zero attached hydrogens (tertiary/aromatic N) is 3. The normalized spacial score (nSPS) is 18.3. The SMILES string of the molecule is NCC1CCn2nc(CCc3ccccc3)nc2C1. The summed E-state index contributed by atoms with van der Waals surface area (Å²) in [6, 6.07) is 10.5. The zero-order valence-corrected chi connectivity index (χ0v) is 11.1. The van der Waals surface area contributed by atoms with Gasteiger partial charge in [0.25, 0.3) is 0 Å². The van der Waals surface area contributed by atoms with Crippen molar-refractivity contribution < 1.29 is 0 Å². The smallest absolute Gasteiger partial charge is 0.151 e. The van der Waals surface area contributed by atoms with Crippen LogP contribution in [0.15, 0.2) is 30.3 Å². The van der Waals surface area contributed by atoms with Gasteiger partial charge < -0.3 is 5.73 Å². The van der Waals surface area contributed by atoms with Crippen LogP contribution in [0, 0.1) is 5.92 Å². The van der Waals surface area contributed by atoms with E-state index < -0.39 is 0 Å². The monoisotopic (exact) mass is 256 g/mol. The van der Waals surface area contributed by atoms with Gasteiger partial charge in [-0.2, -0.15) is 5.10 Å². The first-order chi connectivity index (χ1) is 9.35. The molecule has 3 rings (SSSR count). The molecule has 4 heteroatoms. The van der Waals surface area contributed by atoms with Crippen molar-refractivity contribution in [1.82, 2.24) is 14.8 Å². The maximum Gasteiger partial charge on any atom is 0.151 e. The topological polar surface area (TPSA) is 56.7 Å². The number of aryl methyl sites for hydroxylation is 3. The summed E-state index contributed by atoms with van der Waals surface area (Å²) in [6.45, 7) is 1.72. The molecular formula is C15H20N4. The first-order valence-electron chi connectivity index (χ1n) is 7.01. The molecule has 2 N–H and O–H groups in total. The molecule has 0 bridgehead atoms. The van der Waals surface area contributed by atoms with E-state index in [9.17, 15) is 0 Å². The quantitative estimate of drug-likeness (QED) is 0.903. The Kier molecular flexibility index (Phi) is 3.60. The highest BCUT2D eigenvalue weighted by Gasteiger charge is 2.20. The van der Waals surface area contributed by atoms with Gasteiger partial charge in [-0.1, -0.05) is 30.3 Å². The largest absolute Gasteiger partial charge is 0.330 e. The molecule has 4 nitrogen and oxygen atoms in total. The zero-order valence-electron chi connectivity index (χ0n) is 11.1. The third-order valence-electron chi connectivity index (χ3n) is 3.83. The van der Waals surface area contributed by atoms with Gasteiger partial charge in [-0.3, -0.25) is 0 Å². The summed E-state index contributed by atoms with van der Waals surface area (Å²) in [7, 11) is 0. The van der Waals surface area contributed by atoms with E-state index in [4.69, 9.17) is 5.73 Å². The molecular weight excluding hydrogens is 236 g/mol. The standard InChI is InChI=1S/C15H20N4/c16-11-13-8-9-19-15(10-13)17-14(18-19)7-6-12-4-2-1-3-5-12/h1-5,13H,6-11,16H2. The van der Waals surface area contributed by atoms with E-state index in [1.807, 2.05) is 6.07 Å². The molecule has 0 saturated heterocycles. The van der Waals surface area contributed by atoms with Gasteiger partial charge in [0.05, 0.1) is 0 Å². The maximum absolute atomic E-state index is 5.74. The average Bonchev–Trinajstić information content (AvgIpc) is 2.88. The van der Waals surface area contributed by atoms with Crippen LogP contribution >= 0.6 is 0 Å². The van der Waals surface area contributed by atoms with Crippen LogP contribution in [0.2, 0.25) is 0 Å². The number of hydrogen-bond donors (Lipinski definition) is 1. The van der Waals surface area contributed by atoms with Crippen LogP contribution in [0.25, 0.3) is 0 Å². The lowest BCUT2D eigenvalue weighted by atomic mass is 9.98.